The van der Waals surface area contributed by atoms with Gasteiger partial charge in [-0.2, -0.15) is 0 Å². The zero-order valence-corrected chi connectivity index (χ0v) is 12.6. The highest BCUT2D eigenvalue weighted by Gasteiger charge is 2.32. The summed E-state index contributed by atoms with van der Waals surface area (Å²) in [6.45, 7) is 4.77. The van der Waals surface area contributed by atoms with Crippen molar-refractivity contribution >= 4 is 5.97 Å². The smallest absolute Gasteiger partial charge is 0.326 e. The molecule has 0 aromatic heterocycles. The fourth-order valence-electron chi connectivity index (χ4n) is 1.91. The van der Waals surface area contributed by atoms with Crippen LogP contribution in [-0.2, 0) is 9.53 Å². The first kappa shape index (κ1) is 16.5. The Morgan fingerprint density at radius 3 is 2.55 bits per heavy atom. The topological polar surface area (TPSA) is 47.6 Å². The van der Waals surface area contributed by atoms with Crippen molar-refractivity contribution in [3.8, 4) is 5.75 Å². The van der Waals surface area contributed by atoms with Crippen LogP contribution in [0.25, 0.3) is 0 Å². The van der Waals surface area contributed by atoms with Crippen LogP contribution in [0.1, 0.15) is 33.1 Å². The highest BCUT2D eigenvalue weighted by atomic mass is 16.5. The molecule has 0 amide bonds. The number of carbonyl (C=O) groups is 1. The number of esters is 1. The molecule has 0 saturated heterocycles. The summed E-state index contributed by atoms with van der Waals surface area (Å²) in [4.78, 5) is 11.9. The van der Waals surface area contributed by atoms with Gasteiger partial charge in [-0.15, -0.1) is 0 Å². The van der Waals surface area contributed by atoms with E-state index < -0.39 is 5.54 Å². The van der Waals surface area contributed by atoms with Crippen molar-refractivity contribution in [2.45, 2.75) is 38.6 Å². The molecule has 4 heteroatoms. The maximum Gasteiger partial charge on any atom is 0.326 e. The van der Waals surface area contributed by atoms with E-state index in [9.17, 15) is 4.79 Å². The number of rotatable bonds is 9. The molecule has 1 atom stereocenters. The molecule has 1 aromatic rings. The molecular weight excluding hydrogens is 254 g/mol. The monoisotopic (exact) mass is 279 g/mol. The number of hydrogen-bond acceptors (Lipinski definition) is 4. The van der Waals surface area contributed by atoms with Gasteiger partial charge in [0.2, 0.25) is 0 Å². The minimum absolute atomic E-state index is 0.188. The first-order chi connectivity index (χ1) is 9.62. The number of unbranched alkanes of at least 4 members (excludes halogenated alkanes) is 1. The van der Waals surface area contributed by atoms with Crippen LogP contribution in [0.3, 0.4) is 0 Å². The van der Waals surface area contributed by atoms with E-state index >= 15 is 0 Å². The fraction of sp³-hybridized carbons (Fsp3) is 0.562. The molecule has 0 aliphatic heterocycles. The van der Waals surface area contributed by atoms with Crippen molar-refractivity contribution in [3.05, 3.63) is 30.3 Å². The minimum atomic E-state index is -0.608. The summed E-state index contributed by atoms with van der Waals surface area (Å²) in [5, 5.41) is 3.06. The maximum absolute atomic E-state index is 11.9. The van der Waals surface area contributed by atoms with E-state index in [0.29, 0.717) is 13.2 Å². The van der Waals surface area contributed by atoms with E-state index in [1.54, 1.807) is 7.05 Å². The van der Waals surface area contributed by atoms with Gasteiger partial charge in [0.15, 0.2) is 0 Å². The highest BCUT2D eigenvalue weighted by molar-refractivity contribution is 5.80. The summed E-state index contributed by atoms with van der Waals surface area (Å²) in [5.74, 6) is 0.695. The summed E-state index contributed by atoms with van der Waals surface area (Å²) < 4.78 is 10.7. The van der Waals surface area contributed by atoms with Crippen molar-refractivity contribution in [1.82, 2.24) is 5.32 Å². The van der Waals surface area contributed by atoms with Crippen LogP contribution in [0.4, 0.5) is 0 Å². The van der Waals surface area contributed by atoms with E-state index in [4.69, 9.17) is 9.47 Å². The normalized spacial score (nSPS) is 13.6. The Bertz CT molecular complexity index is 394. The van der Waals surface area contributed by atoms with Gasteiger partial charge >= 0.3 is 5.97 Å². The van der Waals surface area contributed by atoms with E-state index in [2.05, 4.69) is 5.32 Å². The molecule has 112 valence electrons. The Hall–Kier alpha value is -1.55. The van der Waals surface area contributed by atoms with Gasteiger partial charge in [-0.05, 0) is 52.3 Å². The number of nitrogens with one attached hydrogen (secondary N) is 1. The Labute approximate surface area is 121 Å². The maximum atomic E-state index is 11.9. The Kier molecular flexibility index (Phi) is 7.09. The first-order valence-corrected chi connectivity index (χ1v) is 7.16. The second-order valence-electron chi connectivity index (χ2n) is 4.92. The lowest BCUT2D eigenvalue weighted by molar-refractivity contribution is -0.150. The summed E-state index contributed by atoms with van der Waals surface area (Å²) in [7, 11) is 1.79. The van der Waals surface area contributed by atoms with Gasteiger partial charge < -0.3 is 14.8 Å². The van der Waals surface area contributed by atoms with Crippen LogP contribution in [0, 0.1) is 0 Å². The predicted molar refractivity (Wildman–Crippen MR) is 79.9 cm³/mol. The lowest BCUT2D eigenvalue weighted by Crippen LogP contribution is -2.48. The molecular formula is C16H25NO3. The van der Waals surface area contributed by atoms with Crippen molar-refractivity contribution < 1.29 is 14.3 Å². The number of benzene rings is 1. The molecule has 0 saturated carbocycles. The van der Waals surface area contributed by atoms with Crippen molar-refractivity contribution in [2.75, 3.05) is 20.3 Å². The van der Waals surface area contributed by atoms with Crippen LogP contribution in [0.5, 0.6) is 5.75 Å². The zero-order valence-electron chi connectivity index (χ0n) is 12.6. The number of ether oxygens (including phenoxy) is 2. The third-order valence-corrected chi connectivity index (χ3v) is 3.36. The molecule has 1 rings (SSSR count). The van der Waals surface area contributed by atoms with Crippen LogP contribution in [0.2, 0.25) is 0 Å². The lowest BCUT2D eigenvalue weighted by atomic mass is 9.95. The van der Waals surface area contributed by atoms with Gasteiger partial charge in [0.1, 0.15) is 11.3 Å². The fourth-order valence-corrected chi connectivity index (χ4v) is 1.91. The van der Waals surface area contributed by atoms with Gasteiger partial charge in [0, 0.05) is 0 Å². The Morgan fingerprint density at radius 2 is 1.95 bits per heavy atom. The molecule has 0 aliphatic rings. The zero-order chi connectivity index (χ0) is 14.8. The Balaban J connectivity index is 2.26. The summed E-state index contributed by atoms with van der Waals surface area (Å²) in [6.07, 6.45) is 2.55. The average Bonchev–Trinajstić information content (AvgIpc) is 2.48. The Morgan fingerprint density at radius 1 is 1.25 bits per heavy atom. The molecule has 0 bridgehead atoms. The summed E-state index contributed by atoms with van der Waals surface area (Å²) in [6, 6.07) is 9.75. The van der Waals surface area contributed by atoms with Crippen molar-refractivity contribution in [3.63, 3.8) is 0 Å². The van der Waals surface area contributed by atoms with Crippen molar-refractivity contribution in [1.29, 1.82) is 0 Å². The molecule has 1 aromatic carbocycles. The van der Waals surface area contributed by atoms with Gasteiger partial charge in [-0.3, -0.25) is 4.79 Å². The second kappa shape index (κ2) is 8.59. The second-order valence-corrected chi connectivity index (χ2v) is 4.92. The SMILES string of the molecule is CCOC(=O)C(C)(CCCCOc1ccccc1)NC. The minimum Gasteiger partial charge on any atom is -0.494 e. The van der Waals surface area contributed by atoms with E-state index in [1.165, 1.54) is 0 Å². The van der Waals surface area contributed by atoms with Gasteiger partial charge in [0.25, 0.3) is 0 Å². The number of para-hydroxylation sites is 1. The van der Waals surface area contributed by atoms with E-state index in [0.717, 1.165) is 25.0 Å². The van der Waals surface area contributed by atoms with Crippen LogP contribution in [-0.4, -0.2) is 31.8 Å². The highest BCUT2D eigenvalue weighted by Crippen LogP contribution is 2.16. The van der Waals surface area contributed by atoms with Crippen molar-refractivity contribution in [2.24, 2.45) is 0 Å². The molecule has 0 radical (unpaired) electrons. The van der Waals surface area contributed by atoms with Gasteiger partial charge in [-0.25, -0.2) is 0 Å². The van der Waals surface area contributed by atoms with Gasteiger partial charge in [0.05, 0.1) is 13.2 Å². The number of likely N-dealkylation sites (N-methyl/N-ethyl adjacent to an activating group) is 1. The van der Waals surface area contributed by atoms with E-state index in [1.807, 2.05) is 44.2 Å². The summed E-state index contributed by atoms with van der Waals surface area (Å²) in [5.41, 5.74) is -0.608. The molecule has 4 nitrogen and oxygen atoms in total. The quantitative estimate of drug-likeness (QED) is 0.558. The number of hydrogen-bond donors (Lipinski definition) is 1. The standard InChI is InChI=1S/C16H25NO3/c1-4-19-15(18)16(2,17-3)12-8-9-13-20-14-10-6-5-7-11-14/h5-7,10-11,17H,4,8-9,12-13H2,1-3H3. The third kappa shape index (κ3) is 5.21. The molecule has 0 heterocycles. The van der Waals surface area contributed by atoms with Gasteiger partial charge in [-0.1, -0.05) is 18.2 Å². The number of carbonyl (C=O) groups excluding carboxylic acids is 1. The lowest BCUT2D eigenvalue weighted by Gasteiger charge is -2.26. The molecule has 0 fully saturated rings. The third-order valence-electron chi connectivity index (χ3n) is 3.36. The predicted octanol–water partition coefficient (Wildman–Crippen LogP) is 2.78. The molecule has 0 spiro atoms. The van der Waals surface area contributed by atoms with Crippen LogP contribution in [0.15, 0.2) is 30.3 Å². The largest absolute Gasteiger partial charge is 0.494 e. The van der Waals surface area contributed by atoms with Crippen LogP contribution < -0.4 is 10.1 Å². The molecule has 20 heavy (non-hydrogen) atoms. The van der Waals surface area contributed by atoms with E-state index in [-0.39, 0.29) is 5.97 Å². The molecule has 0 aliphatic carbocycles. The average molecular weight is 279 g/mol. The first-order valence-electron chi connectivity index (χ1n) is 7.16. The summed E-state index contributed by atoms with van der Waals surface area (Å²) >= 11 is 0. The molecule has 1 unspecified atom stereocenters. The van der Waals surface area contributed by atoms with Crippen LogP contribution >= 0.6 is 0 Å². The molecule has 1 N–H and O–H groups in total.